The molecular weight excluding hydrogens is 364 g/mol. The van der Waals surface area contributed by atoms with Gasteiger partial charge < -0.3 is 5.32 Å². The van der Waals surface area contributed by atoms with Gasteiger partial charge in [0.05, 0.1) is 17.3 Å². The van der Waals surface area contributed by atoms with E-state index in [9.17, 15) is 22.4 Å². The zero-order valence-corrected chi connectivity index (χ0v) is 14.0. The summed E-state index contributed by atoms with van der Waals surface area (Å²) in [6.07, 6.45) is -1.94. The summed E-state index contributed by atoms with van der Waals surface area (Å²) >= 11 is 0. The van der Waals surface area contributed by atoms with Crippen molar-refractivity contribution in [3.63, 3.8) is 0 Å². The summed E-state index contributed by atoms with van der Waals surface area (Å²) in [6, 6.07) is 8.74. The van der Waals surface area contributed by atoms with E-state index in [0.717, 1.165) is 17.3 Å². The maximum atomic E-state index is 13.3. The molecule has 0 bridgehead atoms. The molecule has 1 N–H and O–H groups in total. The number of nitrogens with zero attached hydrogens (tertiary/aromatic N) is 3. The minimum Gasteiger partial charge on any atom is -0.346 e. The fraction of sp³-hybridized carbons (Fsp3) is 0.167. The quantitative estimate of drug-likeness (QED) is 0.700. The van der Waals surface area contributed by atoms with Gasteiger partial charge in [-0.3, -0.25) is 4.79 Å². The number of hydrogen-bond acceptors (Lipinski definition) is 3. The highest BCUT2D eigenvalue weighted by molar-refractivity contribution is 5.94. The van der Waals surface area contributed by atoms with E-state index in [1.54, 1.807) is 35.9 Å². The van der Waals surface area contributed by atoms with Crippen molar-refractivity contribution in [2.24, 2.45) is 0 Å². The number of alkyl halides is 3. The lowest BCUT2D eigenvalue weighted by molar-refractivity contribution is -0.140. The highest BCUT2D eigenvalue weighted by atomic mass is 19.4. The summed E-state index contributed by atoms with van der Waals surface area (Å²) in [6.45, 7) is 1.69. The van der Waals surface area contributed by atoms with E-state index in [2.05, 4.69) is 15.4 Å². The Morgan fingerprint density at radius 1 is 1.15 bits per heavy atom. The molecule has 0 fully saturated rings. The van der Waals surface area contributed by atoms with E-state index in [1.165, 1.54) is 12.7 Å². The SMILES string of the molecule is CC(NC(=O)c1ccc(F)c(C(F)(F)F)c1)c1ccc(-n2cncn2)cc1. The van der Waals surface area contributed by atoms with Crippen LogP contribution in [-0.2, 0) is 6.18 Å². The zero-order valence-electron chi connectivity index (χ0n) is 14.0. The molecule has 140 valence electrons. The lowest BCUT2D eigenvalue weighted by atomic mass is 10.1. The van der Waals surface area contributed by atoms with Crippen molar-refractivity contribution in [3.8, 4) is 5.69 Å². The van der Waals surface area contributed by atoms with Gasteiger partial charge in [0.1, 0.15) is 18.5 Å². The number of rotatable bonds is 4. The third-order valence-electron chi connectivity index (χ3n) is 3.96. The number of carbonyl (C=O) groups is 1. The third-order valence-corrected chi connectivity index (χ3v) is 3.96. The van der Waals surface area contributed by atoms with Crippen LogP contribution in [0.15, 0.2) is 55.1 Å². The first-order valence-corrected chi connectivity index (χ1v) is 7.88. The molecule has 0 saturated carbocycles. The summed E-state index contributed by atoms with van der Waals surface area (Å²) in [5.41, 5.74) is -0.233. The van der Waals surface area contributed by atoms with Crippen molar-refractivity contribution >= 4 is 5.91 Å². The molecule has 2 aromatic carbocycles. The van der Waals surface area contributed by atoms with Crippen molar-refractivity contribution in [1.82, 2.24) is 20.1 Å². The van der Waals surface area contributed by atoms with Crippen molar-refractivity contribution in [2.45, 2.75) is 19.1 Å². The van der Waals surface area contributed by atoms with Gasteiger partial charge in [-0.1, -0.05) is 12.1 Å². The summed E-state index contributed by atoms with van der Waals surface area (Å²) in [5, 5.41) is 6.60. The molecule has 9 heteroatoms. The van der Waals surface area contributed by atoms with Gasteiger partial charge in [0.2, 0.25) is 0 Å². The fourth-order valence-electron chi connectivity index (χ4n) is 2.50. The Hall–Kier alpha value is -3.23. The van der Waals surface area contributed by atoms with Gasteiger partial charge in [0, 0.05) is 5.56 Å². The first kappa shape index (κ1) is 18.6. The predicted molar refractivity (Wildman–Crippen MR) is 88.6 cm³/mol. The molecule has 1 atom stereocenters. The summed E-state index contributed by atoms with van der Waals surface area (Å²) in [4.78, 5) is 16.1. The normalized spacial score (nSPS) is 12.6. The minimum atomic E-state index is -4.87. The predicted octanol–water partition coefficient (Wildman–Crippen LogP) is 3.92. The summed E-state index contributed by atoms with van der Waals surface area (Å²) in [5.74, 6) is -2.15. The number of hydrogen-bond donors (Lipinski definition) is 1. The van der Waals surface area contributed by atoms with E-state index >= 15 is 0 Å². The van der Waals surface area contributed by atoms with Crippen molar-refractivity contribution in [1.29, 1.82) is 0 Å². The van der Waals surface area contributed by atoms with Crippen LogP contribution in [0.4, 0.5) is 17.6 Å². The Bertz CT molecular complexity index is 937. The first-order valence-electron chi connectivity index (χ1n) is 7.88. The van der Waals surface area contributed by atoms with Crippen LogP contribution in [0.5, 0.6) is 0 Å². The summed E-state index contributed by atoms with van der Waals surface area (Å²) < 4.78 is 53.3. The molecule has 1 amide bonds. The molecule has 0 saturated heterocycles. The fourth-order valence-corrected chi connectivity index (χ4v) is 2.50. The smallest absolute Gasteiger partial charge is 0.346 e. The van der Waals surface area contributed by atoms with E-state index in [4.69, 9.17) is 0 Å². The average Bonchev–Trinajstić information content (AvgIpc) is 3.15. The molecular formula is C18H14F4N4O. The van der Waals surface area contributed by atoms with E-state index in [-0.39, 0.29) is 5.56 Å². The number of amides is 1. The second-order valence-electron chi connectivity index (χ2n) is 5.82. The number of halogens is 4. The Balaban J connectivity index is 1.74. The van der Waals surface area contributed by atoms with Crippen molar-refractivity contribution in [2.75, 3.05) is 0 Å². The molecule has 3 aromatic rings. The van der Waals surface area contributed by atoms with Crippen LogP contribution in [-0.4, -0.2) is 20.7 Å². The first-order chi connectivity index (χ1) is 12.8. The lowest BCUT2D eigenvalue weighted by Crippen LogP contribution is -2.27. The molecule has 3 rings (SSSR count). The molecule has 5 nitrogen and oxygen atoms in total. The highest BCUT2D eigenvalue weighted by Crippen LogP contribution is 2.32. The molecule has 27 heavy (non-hydrogen) atoms. The molecule has 0 aliphatic carbocycles. The second kappa shape index (κ2) is 7.18. The Morgan fingerprint density at radius 2 is 1.85 bits per heavy atom. The largest absolute Gasteiger partial charge is 0.419 e. The van der Waals surface area contributed by atoms with Gasteiger partial charge in [-0.2, -0.15) is 18.3 Å². The van der Waals surface area contributed by atoms with Crippen LogP contribution < -0.4 is 5.32 Å². The van der Waals surface area contributed by atoms with Gasteiger partial charge in [-0.25, -0.2) is 14.1 Å². The molecule has 1 unspecified atom stereocenters. The van der Waals surface area contributed by atoms with Crippen LogP contribution in [0.3, 0.4) is 0 Å². The Labute approximate surface area is 151 Å². The van der Waals surface area contributed by atoms with Crippen molar-refractivity contribution in [3.05, 3.63) is 77.6 Å². The average molecular weight is 378 g/mol. The van der Waals surface area contributed by atoms with Crippen LogP contribution >= 0.6 is 0 Å². The monoisotopic (exact) mass is 378 g/mol. The van der Waals surface area contributed by atoms with Gasteiger partial charge >= 0.3 is 6.18 Å². The van der Waals surface area contributed by atoms with E-state index in [0.29, 0.717) is 12.1 Å². The molecule has 0 aliphatic rings. The second-order valence-corrected chi connectivity index (χ2v) is 5.82. The molecule has 0 spiro atoms. The minimum absolute atomic E-state index is 0.269. The number of carbonyl (C=O) groups excluding carboxylic acids is 1. The van der Waals surface area contributed by atoms with Crippen LogP contribution in [0, 0.1) is 5.82 Å². The summed E-state index contributed by atoms with van der Waals surface area (Å²) in [7, 11) is 0. The molecule has 1 heterocycles. The Kier molecular flexibility index (Phi) is 4.93. The van der Waals surface area contributed by atoms with E-state index < -0.39 is 29.5 Å². The maximum Gasteiger partial charge on any atom is 0.419 e. The van der Waals surface area contributed by atoms with Gasteiger partial charge in [0.15, 0.2) is 0 Å². The number of nitrogens with one attached hydrogen (secondary N) is 1. The lowest BCUT2D eigenvalue weighted by Gasteiger charge is -2.16. The molecule has 0 radical (unpaired) electrons. The third kappa shape index (κ3) is 4.13. The van der Waals surface area contributed by atoms with Crippen LogP contribution in [0.25, 0.3) is 5.69 Å². The Morgan fingerprint density at radius 3 is 2.44 bits per heavy atom. The van der Waals surface area contributed by atoms with Crippen molar-refractivity contribution < 1.29 is 22.4 Å². The molecule has 0 aliphatic heterocycles. The van der Waals surface area contributed by atoms with Gasteiger partial charge in [-0.15, -0.1) is 0 Å². The maximum absolute atomic E-state index is 13.3. The van der Waals surface area contributed by atoms with Gasteiger partial charge in [0.25, 0.3) is 5.91 Å². The number of aromatic nitrogens is 3. The van der Waals surface area contributed by atoms with E-state index in [1.807, 2.05) is 0 Å². The standard InChI is InChI=1S/C18H14F4N4O/c1-11(12-2-5-14(6-3-12)26-10-23-9-24-26)25-17(27)13-4-7-16(19)15(8-13)18(20,21)22/h2-11H,1H3,(H,25,27). The topological polar surface area (TPSA) is 59.8 Å². The number of benzene rings is 2. The van der Waals surface area contributed by atoms with Gasteiger partial charge in [-0.05, 0) is 42.8 Å². The van der Waals surface area contributed by atoms with Crippen LogP contribution in [0.1, 0.15) is 34.5 Å². The highest BCUT2D eigenvalue weighted by Gasteiger charge is 2.34. The zero-order chi connectivity index (χ0) is 19.6. The van der Waals surface area contributed by atoms with Crippen LogP contribution in [0.2, 0.25) is 0 Å². The molecule has 1 aromatic heterocycles.